The average molecular weight is 471 g/mol. The van der Waals surface area contributed by atoms with Gasteiger partial charge in [0, 0.05) is 37.4 Å². The van der Waals surface area contributed by atoms with Gasteiger partial charge in [-0.1, -0.05) is 11.6 Å². The van der Waals surface area contributed by atoms with Crippen LogP contribution >= 0.6 is 11.6 Å². The molecule has 8 nitrogen and oxygen atoms in total. The van der Waals surface area contributed by atoms with E-state index in [1.807, 2.05) is 16.7 Å². The Bertz CT molecular complexity index is 1140. The Labute approximate surface area is 186 Å². The van der Waals surface area contributed by atoms with Crippen LogP contribution in [0.15, 0.2) is 24.4 Å². The molecule has 0 saturated carbocycles. The first kappa shape index (κ1) is 22.4. The largest absolute Gasteiger partial charge is 0.416 e. The maximum atomic E-state index is 13.1. The van der Waals surface area contributed by atoms with Gasteiger partial charge in [-0.15, -0.1) is 0 Å². The van der Waals surface area contributed by atoms with Crippen LogP contribution in [-0.4, -0.2) is 57.4 Å². The predicted octanol–water partition coefficient (Wildman–Crippen LogP) is 2.95. The van der Waals surface area contributed by atoms with E-state index in [-0.39, 0.29) is 17.2 Å². The van der Waals surface area contributed by atoms with Gasteiger partial charge in [-0.2, -0.15) is 13.2 Å². The lowest BCUT2D eigenvalue weighted by molar-refractivity contribution is -0.137. The SMILES string of the molecule is CC1CN(c2ncc(C(O)CO)cc2Cl)CCN1c1nc2c(N)cc(C(F)(F)F)cc2[nH]1. The average Bonchev–Trinajstić information content (AvgIpc) is 3.17. The smallest absolute Gasteiger partial charge is 0.397 e. The lowest BCUT2D eigenvalue weighted by Gasteiger charge is -2.40. The summed E-state index contributed by atoms with van der Waals surface area (Å²) < 4.78 is 39.3. The van der Waals surface area contributed by atoms with Crippen molar-refractivity contribution < 1.29 is 23.4 Å². The second-order valence-electron chi connectivity index (χ2n) is 7.78. The van der Waals surface area contributed by atoms with Gasteiger partial charge in [0.2, 0.25) is 5.95 Å². The number of piperazine rings is 1. The lowest BCUT2D eigenvalue weighted by Crippen LogP contribution is -2.52. The van der Waals surface area contributed by atoms with Gasteiger partial charge in [0.05, 0.1) is 28.4 Å². The number of fused-ring (bicyclic) bond motifs is 1. The lowest BCUT2D eigenvalue weighted by atomic mass is 10.1. The predicted molar refractivity (Wildman–Crippen MR) is 116 cm³/mol. The van der Waals surface area contributed by atoms with Crippen molar-refractivity contribution in [3.05, 3.63) is 40.5 Å². The van der Waals surface area contributed by atoms with Crippen molar-refractivity contribution in [2.24, 2.45) is 0 Å². The van der Waals surface area contributed by atoms with Crippen LogP contribution in [0.25, 0.3) is 11.0 Å². The number of aromatic nitrogens is 3. The third-order valence-corrected chi connectivity index (χ3v) is 5.81. The van der Waals surface area contributed by atoms with E-state index in [1.165, 1.54) is 6.20 Å². The molecule has 1 aromatic carbocycles. The van der Waals surface area contributed by atoms with Gasteiger partial charge in [0.15, 0.2) is 0 Å². The fraction of sp³-hybridized carbons (Fsp3) is 0.400. The molecule has 2 unspecified atom stereocenters. The van der Waals surface area contributed by atoms with Gasteiger partial charge in [-0.05, 0) is 25.1 Å². The summed E-state index contributed by atoms with van der Waals surface area (Å²) in [6.07, 6.45) is -4.08. The van der Waals surface area contributed by atoms with Crippen molar-refractivity contribution >= 4 is 40.1 Å². The van der Waals surface area contributed by atoms with E-state index in [0.717, 1.165) is 12.1 Å². The standard InChI is InChI=1S/C20H22ClF3N6O2/c1-10-8-29(18-13(21)4-11(7-26-18)16(32)9-31)2-3-30(10)19-27-15-6-12(20(22,23)24)5-14(25)17(15)28-19/h4-7,10,16,31-32H,2-3,8-9,25H2,1H3,(H,27,28). The van der Waals surface area contributed by atoms with E-state index in [1.54, 1.807) is 6.07 Å². The van der Waals surface area contributed by atoms with E-state index < -0.39 is 24.5 Å². The highest BCUT2D eigenvalue weighted by Crippen LogP contribution is 2.35. The number of aliphatic hydroxyl groups is 2. The van der Waals surface area contributed by atoms with Gasteiger partial charge >= 0.3 is 6.18 Å². The summed E-state index contributed by atoms with van der Waals surface area (Å²) in [5.74, 6) is 0.995. The third kappa shape index (κ3) is 4.15. The number of rotatable bonds is 4. The normalized spacial score (nSPS) is 18.4. The van der Waals surface area contributed by atoms with Gasteiger partial charge in [-0.25, -0.2) is 9.97 Å². The summed E-state index contributed by atoms with van der Waals surface area (Å²) in [5.41, 5.74) is 5.90. The number of anilines is 3. The molecule has 1 aliphatic rings. The minimum Gasteiger partial charge on any atom is -0.397 e. The Morgan fingerprint density at radius 1 is 1.31 bits per heavy atom. The van der Waals surface area contributed by atoms with Crippen molar-refractivity contribution in [3.8, 4) is 0 Å². The number of hydrogen-bond acceptors (Lipinski definition) is 7. The van der Waals surface area contributed by atoms with Gasteiger partial charge in [-0.3, -0.25) is 0 Å². The van der Waals surface area contributed by atoms with E-state index >= 15 is 0 Å². The molecule has 1 fully saturated rings. The molecule has 0 radical (unpaired) electrons. The highest BCUT2D eigenvalue weighted by molar-refractivity contribution is 6.33. The zero-order valence-electron chi connectivity index (χ0n) is 17.1. The summed E-state index contributed by atoms with van der Waals surface area (Å²) in [6, 6.07) is 3.41. The van der Waals surface area contributed by atoms with Crippen LogP contribution in [0, 0.1) is 0 Å². The molecule has 0 bridgehead atoms. The molecule has 3 aromatic rings. The van der Waals surface area contributed by atoms with Crippen LogP contribution < -0.4 is 15.5 Å². The summed E-state index contributed by atoms with van der Waals surface area (Å²) in [5, 5.41) is 19.2. The van der Waals surface area contributed by atoms with E-state index in [9.17, 15) is 18.3 Å². The number of nitrogens with two attached hydrogens (primary N) is 1. The van der Waals surface area contributed by atoms with Gasteiger partial charge in [0.25, 0.3) is 0 Å². The molecule has 0 spiro atoms. The Hall–Kier alpha value is -2.76. The number of aromatic amines is 1. The van der Waals surface area contributed by atoms with E-state index in [0.29, 0.717) is 47.5 Å². The van der Waals surface area contributed by atoms with Crippen LogP contribution in [0.4, 0.5) is 30.6 Å². The van der Waals surface area contributed by atoms with Crippen LogP contribution in [0.1, 0.15) is 24.2 Å². The first-order valence-electron chi connectivity index (χ1n) is 9.91. The molecular weight excluding hydrogens is 449 g/mol. The molecule has 5 N–H and O–H groups in total. The highest BCUT2D eigenvalue weighted by atomic mass is 35.5. The third-order valence-electron chi connectivity index (χ3n) is 5.53. The molecule has 3 heterocycles. The van der Waals surface area contributed by atoms with Gasteiger partial charge in [0.1, 0.15) is 17.4 Å². The van der Waals surface area contributed by atoms with Crippen LogP contribution in [0.5, 0.6) is 0 Å². The molecule has 0 amide bonds. The summed E-state index contributed by atoms with van der Waals surface area (Å²) >= 11 is 6.35. The molecule has 172 valence electrons. The Morgan fingerprint density at radius 2 is 2.06 bits per heavy atom. The number of alkyl halides is 3. The molecule has 1 saturated heterocycles. The number of nitrogens with zero attached hydrogens (tertiary/aromatic N) is 4. The van der Waals surface area contributed by atoms with Crippen molar-refractivity contribution in [2.75, 3.05) is 41.8 Å². The van der Waals surface area contributed by atoms with E-state index in [2.05, 4.69) is 15.0 Å². The number of halogens is 4. The Morgan fingerprint density at radius 3 is 2.69 bits per heavy atom. The second-order valence-corrected chi connectivity index (χ2v) is 8.19. The fourth-order valence-corrected chi connectivity index (χ4v) is 4.16. The molecule has 0 aliphatic carbocycles. The Kier molecular flexibility index (Phi) is 5.82. The number of nitrogens with one attached hydrogen (secondary N) is 1. The maximum Gasteiger partial charge on any atom is 0.416 e. The van der Waals surface area contributed by atoms with Crippen LogP contribution in [0.2, 0.25) is 5.02 Å². The number of hydrogen-bond donors (Lipinski definition) is 4. The zero-order chi connectivity index (χ0) is 23.2. The molecular formula is C20H22ClF3N6O2. The second kappa shape index (κ2) is 8.30. The molecule has 12 heteroatoms. The van der Waals surface area contributed by atoms with Crippen molar-refractivity contribution in [2.45, 2.75) is 25.2 Å². The van der Waals surface area contributed by atoms with Gasteiger partial charge < -0.3 is 30.7 Å². The zero-order valence-corrected chi connectivity index (χ0v) is 17.8. The highest BCUT2D eigenvalue weighted by Gasteiger charge is 2.33. The Balaban J connectivity index is 1.55. The number of benzene rings is 1. The fourth-order valence-electron chi connectivity index (χ4n) is 3.86. The number of pyridine rings is 1. The monoisotopic (exact) mass is 470 g/mol. The summed E-state index contributed by atoms with van der Waals surface area (Å²) in [4.78, 5) is 15.7. The van der Waals surface area contributed by atoms with Crippen LogP contribution in [0.3, 0.4) is 0 Å². The number of aliphatic hydroxyl groups excluding tert-OH is 2. The molecule has 1 aliphatic heterocycles. The minimum absolute atomic E-state index is 0.0373. The molecule has 4 rings (SSSR count). The summed E-state index contributed by atoms with van der Waals surface area (Å²) in [7, 11) is 0. The number of imidazole rings is 1. The first-order chi connectivity index (χ1) is 15.1. The first-order valence-corrected chi connectivity index (χ1v) is 10.3. The van der Waals surface area contributed by atoms with E-state index in [4.69, 9.17) is 22.4 Å². The quantitative estimate of drug-likeness (QED) is 0.433. The summed E-state index contributed by atoms with van der Waals surface area (Å²) in [6.45, 7) is 3.13. The van der Waals surface area contributed by atoms with Crippen molar-refractivity contribution in [1.29, 1.82) is 0 Å². The molecule has 2 atom stereocenters. The molecule has 32 heavy (non-hydrogen) atoms. The minimum atomic E-state index is -4.50. The topological polar surface area (TPSA) is 115 Å². The number of H-pyrrole nitrogens is 1. The maximum absolute atomic E-state index is 13.1. The van der Waals surface area contributed by atoms with Crippen molar-refractivity contribution in [1.82, 2.24) is 15.0 Å². The van der Waals surface area contributed by atoms with Crippen LogP contribution in [-0.2, 0) is 6.18 Å². The molecule has 2 aromatic heterocycles. The van der Waals surface area contributed by atoms with Crippen molar-refractivity contribution in [3.63, 3.8) is 0 Å². The number of nitrogen functional groups attached to an aromatic ring is 1.